The molecule has 0 bridgehead atoms. The van der Waals surface area contributed by atoms with E-state index >= 15 is 0 Å². The summed E-state index contributed by atoms with van der Waals surface area (Å²) in [6.07, 6.45) is 4.19. The third-order valence-electron chi connectivity index (χ3n) is 3.11. The molecule has 1 aromatic carbocycles. The van der Waals surface area contributed by atoms with Crippen LogP contribution < -0.4 is 5.32 Å². The number of nitrogens with zero attached hydrogens (tertiary/aromatic N) is 1. The molecular formula is C13H19ClN2S2. The summed E-state index contributed by atoms with van der Waals surface area (Å²) in [5.74, 6) is 0. The van der Waals surface area contributed by atoms with Crippen LogP contribution in [0, 0.1) is 0 Å². The molecule has 1 aromatic rings. The molecule has 2 nitrogen and oxygen atoms in total. The van der Waals surface area contributed by atoms with Crippen LogP contribution in [-0.2, 0) is 6.54 Å². The molecule has 0 radical (unpaired) electrons. The quantitative estimate of drug-likeness (QED) is 0.859. The number of hydrogen-bond acceptors (Lipinski definition) is 4. The third-order valence-corrected chi connectivity index (χ3v) is 5.26. The lowest BCUT2D eigenvalue weighted by atomic mass is 10.2. The SMILES string of the molecule is CSc1cc(CN2CCNCC2)cc(Cl)c1SC. The van der Waals surface area contributed by atoms with Crippen molar-refractivity contribution in [3.63, 3.8) is 0 Å². The van der Waals surface area contributed by atoms with Crippen LogP contribution >= 0.6 is 35.1 Å². The largest absolute Gasteiger partial charge is 0.314 e. The molecule has 0 aliphatic carbocycles. The van der Waals surface area contributed by atoms with Crippen LogP contribution in [0.25, 0.3) is 0 Å². The molecule has 0 aromatic heterocycles. The maximum Gasteiger partial charge on any atom is 0.0556 e. The van der Waals surface area contributed by atoms with Crippen molar-refractivity contribution in [1.82, 2.24) is 10.2 Å². The Bertz CT molecular complexity index is 406. The summed E-state index contributed by atoms with van der Waals surface area (Å²) in [5.41, 5.74) is 1.32. The number of rotatable bonds is 4. The monoisotopic (exact) mass is 302 g/mol. The second kappa shape index (κ2) is 7.06. The zero-order chi connectivity index (χ0) is 13.0. The van der Waals surface area contributed by atoms with E-state index in [1.165, 1.54) is 15.4 Å². The van der Waals surface area contributed by atoms with Gasteiger partial charge >= 0.3 is 0 Å². The van der Waals surface area contributed by atoms with Crippen molar-refractivity contribution in [2.45, 2.75) is 16.3 Å². The number of benzene rings is 1. The molecule has 1 fully saturated rings. The lowest BCUT2D eigenvalue weighted by Gasteiger charge is -2.27. The van der Waals surface area contributed by atoms with Crippen LogP contribution in [0.5, 0.6) is 0 Å². The Balaban J connectivity index is 2.15. The zero-order valence-electron chi connectivity index (χ0n) is 10.8. The highest BCUT2D eigenvalue weighted by Crippen LogP contribution is 2.35. The molecule has 0 unspecified atom stereocenters. The van der Waals surface area contributed by atoms with Gasteiger partial charge in [0, 0.05) is 42.5 Å². The first kappa shape index (κ1) is 14.5. The first-order chi connectivity index (χ1) is 8.74. The van der Waals surface area contributed by atoms with Crippen molar-refractivity contribution < 1.29 is 0 Å². The summed E-state index contributed by atoms with van der Waals surface area (Å²) in [5, 5.41) is 4.27. The number of piperazine rings is 1. The minimum atomic E-state index is 0.888. The van der Waals surface area contributed by atoms with Gasteiger partial charge in [-0.05, 0) is 30.2 Å². The van der Waals surface area contributed by atoms with Crippen LogP contribution in [0.1, 0.15) is 5.56 Å². The van der Waals surface area contributed by atoms with Gasteiger partial charge in [-0.3, -0.25) is 4.90 Å². The van der Waals surface area contributed by atoms with Gasteiger partial charge in [0.1, 0.15) is 0 Å². The fourth-order valence-electron chi connectivity index (χ4n) is 2.19. The summed E-state index contributed by atoms with van der Waals surface area (Å²) in [6.45, 7) is 5.43. The van der Waals surface area contributed by atoms with Crippen molar-refractivity contribution >= 4 is 35.1 Å². The predicted molar refractivity (Wildman–Crippen MR) is 83.2 cm³/mol. The molecule has 2 rings (SSSR count). The van der Waals surface area contributed by atoms with Gasteiger partial charge in [-0.25, -0.2) is 0 Å². The zero-order valence-corrected chi connectivity index (χ0v) is 13.2. The van der Waals surface area contributed by atoms with Crippen molar-refractivity contribution in [2.75, 3.05) is 38.7 Å². The molecular weight excluding hydrogens is 284 g/mol. The smallest absolute Gasteiger partial charge is 0.0556 e. The first-order valence-corrected chi connectivity index (χ1v) is 8.91. The summed E-state index contributed by atoms with van der Waals surface area (Å²) in [6, 6.07) is 4.40. The molecule has 1 aliphatic heterocycles. The van der Waals surface area contributed by atoms with E-state index in [4.69, 9.17) is 11.6 Å². The minimum Gasteiger partial charge on any atom is -0.314 e. The van der Waals surface area contributed by atoms with E-state index in [2.05, 4.69) is 34.9 Å². The molecule has 18 heavy (non-hydrogen) atoms. The second-order valence-corrected chi connectivity index (χ2v) is 6.41. The molecule has 1 N–H and O–H groups in total. The third kappa shape index (κ3) is 3.58. The molecule has 100 valence electrons. The van der Waals surface area contributed by atoms with Gasteiger partial charge in [-0.15, -0.1) is 23.5 Å². The van der Waals surface area contributed by atoms with Crippen LogP contribution in [-0.4, -0.2) is 43.6 Å². The van der Waals surface area contributed by atoms with Crippen molar-refractivity contribution in [3.8, 4) is 0 Å². The fraction of sp³-hybridized carbons (Fsp3) is 0.538. The van der Waals surface area contributed by atoms with Gasteiger partial charge in [-0.1, -0.05) is 11.6 Å². The normalized spacial score (nSPS) is 17.1. The molecule has 1 aliphatic rings. The number of nitrogens with one attached hydrogen (secondary N) is 1. The topological polar surface area (TPSA) is 15.3 Å². The Morgan fingerprint density at radius 2 is 1.94 bits per heavy atom. The maximum atomic E-state index is 6.37. The van der Waals surface area contributed by atoms with E-state index in [0.29, 0.717) is 0 Å². The molecule has 5 heteroatoms. The first-order valence-electron chi connectivity index (χ1n) is 6.08. The predicted octanol–water partition coefficient (Wildman–Crippen LogP) is 3.19. The van der Waals surface area contributed by atoms with Gasteiger partial charge in [0.25, 0.3) is 0 Å². The Hall–Kier alpha value is 0.130. The van der Waals surface area contributed by atoms with Crippen LogP contribution in [0.15, 0.2) is 21.9 Å². The number of hydrogen-bond donors (Lipinski definition) is 1. The molecule has 1 saturated heterocycles. The van der Waals surface area contributed by atoms with Crippen molar-refractivity contribution in [1.29, 1.82) is 0 Å². The lowest BCUT2D eigenvalue weighted by molar-refractivity contribution is 0.233. The Morgan fingerprint density at radius 3 is 2.56 bits per heavy atom. The minimum absolute atomic E-state index is 0.888. The molecule has 0 atom stereocenters. The van der Waals surface area contributed by atoms with Crippen LogP contribution in [0.4, 0.5) is 0 Å². The van der Waals surface area contributed by atoms with Gasteiger partial charge in [0.05, 0.1) is 5.02 Å². The van der Waals surface area contributed by atoms with E-state index in [1.807, 2.05) is 0 Å². The standard InChI is InChI=1S/C13H19ClN2S2/c1-17-12-8-10(7-11(14)13(12)18-2)9-16-5-3-15-4-6-16/h7-8,15H,3-6,9H2,1-2H3. The van der Waals surface area contributed by atoms with Crippen LogP contribution in [0.2, 0.25) is 5.02 Å². The number of halogens is 1. The average molecular weight is 303 g/mol. The van der Waals surface area contributed by atoms with E-state index in [9.17, 15) is 0 Å². The molecule has 0 saturated carbocycles. The van der Waals surface area contributed by atoms with Gasteiger partial charge in [0.15, 0.2) is 0 Å². The van der Waals surface area contributed by atoms with Gasteiger partial charge < -0.3 is 5.32 Å². The fourth-order valence-corrected chi connectivity index (χ4v) is 4.30. The molecule has 0 amide bonds. The highest BCUT2D eigenvalue weighted by atomic mass is 35.5. The van der Waals surface area contributed by atoms with Crippen molar-refractivity contribution in [3.05, 3.63) is 22.7 Å². The van der Waals surface area contributed by atoms with Gasteiger partial charge in [-0.2, -0.15) is 0 Å². The van der Waals surface area contributed by atoms with E-state index in [1.54, 1.807) is 23.5 Å². The van der Waals surface area contributed by atoms with Gasteiger partial charge in [0.2, 0.25) is 0 Å². The summed E-state index contributed by atoms with van der Waals surface area (Å²) in [7, 11) is 0. The van der Waals surface area contributed by atoms with E-state index < -0.39 is 0 Å². The second-order valence-electron chi connectivity index (χ2n) is 4.34. The molecule has 0 spiro atoms. The van der Waals surface area contributed by atoms with Crippen molar-refractivity contribution in [2.24, 2.45) is 0 Å². The summed E-state index contributed by atoms with van der Waals surface area (Å²) >= 11 is 9.87. The number of thioether (sulfide) groups is 2. The highest BCUT2D eigenvalue weighted by Gasteiger charge is 2.13. The Morgan fingerprint density at radius 1 is 1.22 bits per heavy atom. The Labute approximate surface area is 123 Å². The summed E-state index contributed by atoms with van der Waals surface area (Å²) < 4.78 is 0. The maximum absolute atomic E-state index is 6.37. The highest BCUT2D eigenvalue weighted by molar-refractivity contribution is 8.01. The van der Waals surface area contributed by atoms with Crippen LogP contribution in [0.3, 0.4) is 0 Å². The lowest BCUT2D eigenvalue weighted by Crippen LogP contribution is -2.42. The van der Waals surface area contributed by atoms with E-state index in [0.717, 1.165) is 37.7 Å². The average Bonchev–Trinajstić information content (AvgIpc) is 2.39. The van der Waals surface area contributed by atoms with E-state index in [-0.39, 0.29) is 0 Å². The molecule has 1 heterocycles. The summed E-state index contributed by atoms with van der Waals surface area (Å²) in [4.78, 5) is 4.97. The Kier molecular flexibility index (Phi) is 5.70.